The van der Waals surface area contributed by atoms with Crippen molar-refractivity contribution in [3.05, 3.63) is 0 Å². The fourth-order valence-electron chi connectivity index (χ4n) is 2.22. The molecular formula is C11H23BClNO2. The van der Waals surface area contributed by atoms with Gasteiger partial charge in [-0.3, -0.25) is 0 Å². The molecule has 0 amide bonds. The molecule has 1 saturated carbocycles. The Morgan fingerprint density at radius 2 is 1.50 bits per heavy atom. The quantitative estimate of drug-likeness (QED) is 0.762. The summed E-state index contributed by atoms with van der Waals surface area (Å²) in [6.07, 6.45) is 4.30. The van der Waals surface area contributed by atoms with Crippen LogP contribution in [0.25, 0.3) is 0 Å². The Balaban J connectivity index is 0.00000128. The van der Waals surface area contributed by atoms with Gasteiger partial charge in [-0.05, 0) is 47.0 Å². The van der Waals surface area contributed by atoms with Crippen LogP contribution in [0.3, 0.4) is 0 Å². The molecule has 1 aliphatic heterocycles. The molecule has 1 aliphatic carbocycles. The smallest absolute Gasteiger partial charge is 0.403 e. The Kier molecular flexibility index (Phi) is 3.72. The summed E-state index contributed by atoms with van der Waals surface area (Å²) in [4.78, 5) is 0. The average Bonchev–Trinajstić information content (AvgIpc) is 2.17. The van der Waals surface area contributed by atoms with Crippen molar-refractivity contribution in [2.45, 2.75) is 70.0 Å². The lowest BCUT2D eigenvalue weighted by Gasteiger charge is -2.38. The second-order valence-corrected chi connectivity index (χ2v) is 6.11. The van der Waals surface area contributed by atoms with Gasteiger partial charge in [0, 0.05) is 11.9 Å². The van der Waals surface area contributed by atoms with Crippen LogP contribution in [-0.4, -0.2) is 23.9 Å². The molecule has 0 aromatic rings. The number of rotatable bonds is 2. The molecule has 94 valence electrons. The maximum atomic E-state index is 6.20. The average molecular weight is 248 g/mol. The minimum absolute atomic E-state index is 0. The minimum atomic E-state index is -0.224. The Hall–Kier alpha value is 0.235. The SMILES string of the molecule is CC1(C)OB(CC2(N)CCC2)OC1(C)C.Cl. The van der Waals surface area contributed by atoms with Crippen LogP contribution >= 0.6 is 12.4 Å². The molecule has 5 heteroatoms. The van der Waals surface area contributed by atoms with Gasteiger partial charge in [-0.1, -0.05) is 0 Å². The van der Waals surface area contributed by atoms with Crippen LogP contribution in [0.2, 0.25) is 6.32 Å². The van der Waals surface area contributed by atoms with Crippen molar-refractivity contribution >= 4 is 19.5 Å². The normalized spacial score (nSPS) is 29.4. The van der Waals surface area contributed by atoms with Gasteiger partial charge in [0.1, 0.15) is 0 Å². The van der Waals surface area contributed by atoms with Crippen molar-refractivity contribution in [2.24, 2.45) is 5.73 Å². The number of halogens is 1. The lowest BCUT2D eigenvalue weighted by molar-refractivity contribution is 0.00578. The summed E-state index contributed by atoms with van der Waals surface area (Å²) >= 11 is 0. The second-order valence-electron chi connectivity index (χ2n) is 6.11. The molecule has 0 bridgehead atoms. The van der Waals surface area contributed by atoms with E-state index in [2.05, 4.69) is 27.7 Å². The first-order valence-corrected chi connectivity index (χ1v) is 5.89. The van der Waals surface area contributed by atoms with E-state index in [1.54, 1.807) is 0 Å². The molecule has 0 spiro atoms. The van der Waals surface area contributed by atoms with Crippen LogP contribution in [0.4, 0.5) is 0 Å². The third-order valence-corrected chi connectivity index (χ3v) is 4.22. The van der Waals surface area contributed by atoms with Gasteiger partial charge in [0.15, 0.2) is 0 Å². The summed E-state index contributed by atoms with van der Waals surface area (Å²) in [6, 6.07) is 0. The largest absolute Gasteiger partial charge is 0.459 e. The fraction of sp³-hybridized carbons (Fsp3) is 1.00. The van der Waals surface area contributed by atoms with Crippen LogP contribution < -0.4 is 5.73 Å². The molecule has 2 fully saturated rings. The molecule has 16 heavy (non-hydrogen) atoms. The summed E-state index contributed by atoms with van der Waals surface area (Å²) in [5.74, 6) is 0. The van der Waals surface area contributed by atoms with Crippen LogP contribution in [-0.2, 0) is 9.31 Å². The Morgan fingerprint density at radius 3 is 1.81 bits per heavy atom. The first-order valence-electron chi connectivity index (χ1n) is 5.89. The van der Waals surface area contributed by atoms with Crippen molar-refractivity contribution in [1.82, 2.24) is 0 Å². The Labute approximate surface area is 105 Å². The zero-order valence-electron chi connectivity index (χ0n) is 10.7. The molecule has 3 nitrogen and oxygen atoms in total. The van der Waals surface area contributed by atoms with E-state index in [0.29, 0.717) is 0 Å². The predicted octanol–water partition coefficient (Wildman–Crippen LogP) is 2.38. The van der Waals surface area contributed by atoms with Crippen molar-refractivity contribution in [3.63, 3.8) is 0 Å². The van der Waals surface area contributed by atoms with Gasteiger partial charge < -0.3 is 15.0 Å². The van der Waals surface area contributed by atoms with E-state index in [0.717, 1.165) is 19.2 Å². The number of hydrogen-bond acceptors (Lipinski definition) is 3. The van der Waals surface area contributed by atoms with E-state index in [4.69, 9.17) is 15.0 Å². The molecular weight excluding hydrogens is 224 g/mol. The standard InChI is InChI=1S/C11H22BNO2.ClH/c1-9(2)10(3,4)15-12(14-9)8-11(13)6-5-7-11;/h5-8,13H2,1-4H3;1H. The highest BCUT2D eigenvalue weighted by molar-refractivity contribution is 6.46. The first-order chi connectivity index (χ1) is 6.74. The lowest BCUT2D eigenvalue weighted by Crippen LogP contribution is -2.49. The predicted molar refractivity (Wildman–Crippen MR) is 68.9 cm³/mol. The van der Waals surface area contributed by atoms with Gasteiger partial charge >= 0.3 is 7.12 Å². The molecule has 2 N–H and O–H groups in total. The Morgan fingerprint density at radius 1 is 1.06 bits per heavy atom. The maximum absolute atomic E-state index is 6.20. The number of hydrogen-bond donors (Lipinski definition) is 1. The van der Waals surface area contributed by atoms with E-state index >= 15 is 0 Å². The summed E-state index contributed by atoms with van der Waals surface area (Å²) in [5, 5.41) is 0. The van der Waals surface area contributed by atoms with Gasteiger partial charge in [0.2, 0.25) is 0 Å². The summed E-state index contributed by atoms with van der Waals surface area (Å²) in [5.41, 5.74) is 5.72. The molecule has 0 radical (unpaired) electrons. The van der Waals surface area contributed by atoms with Crippen LogP contribution in [0.5, 0.6) is 0 Å². The van der Waals surface area contributed by atoms with Crippen LogP contribution in [0.1, 0.15) is 47.0 Å². The first kappa shape index (κ1) is 14.3. The molecule has 1 heterocycles. The van der Waals surface area contributed by atoms with Crippen molar-refractivity contribution in [3.8, 4) is 0 Å². The van der Waals surface area contributed by atoms with E-state index in [1.807, 2.05) is 0 Å². The second kappa shape index (κ2) is 4.16. The molecule has 0 unspecified atom stereocenters. The zero-order valence-corrected chi connectivity index (χ0v) is 11.5. The monoisotopic (exact) mass is 247 g/mol. The molecule has 0 aromatic carbocycles. The topological polar surface area (TPSA) is 44.5 Å². The van der Waals surface area contributed by atoms with Gasteiger partial charge in [-0.15, -0.1) is 12.4 Å². The summed E-state index contributed by atoms with van der Waals surface area (Å²) < 4.78 is 11.9. The zero-order chi connectivity index (χ0) is 11.3. The highest BCUT2D eigenvalue weighted by Gasteiger charge is 2.53. The maximum Gasteiger partial charge on any atom is 0.459 e. The van der Waals surface area contributed by atoms with Crippen LogP contribution in [0.15, 0.2) is 0 Å². The number of nitrogens with two attached hydrogens (primary N) is 1. The van der Waals surface area contributed by atoms with E-state index in [9.17, 15) is 0 Å². The summed E-state index contributed by atoms with van der Waals surface area (Å²) in [6.45, 7) is 8.32. The van der Waals surface area contributed by atoms with Crippen molar-refractivity contribution in [1.29, 1.82) is 0 Å². The molecule has 2 rings (SSSR count). The highest BCUT2D eigenvalue weighted by Crippen LogP contribution is 2.42. The molecule has 1 saturated heterocycles. The molecule has 0 aromatic heterocycles. The summed E-state index contributed by atoms with van der Waals surface area (Å²) in [7, 11) is -0.125. The fourth-order valence-corrected chi connectivity index (χ4v) is 2.22. The van der Waals surface area contributed by atoms with E-state index in [1.165, 1.54) is 6.42 Å². The van der Waals surface area contributed by atoms with Gasteiger partial charge in [-0.2, -0.15) is 0 Å². The Bertz CT molecular complexity index is 251. The van der Waals surface area contributed by atoms with E-state index < -0.39 is 0 Å². The third kappa shape index (κ3) is 2.40. The molecule has 2 aliphatic rings. The molecule has 0 atom stereocenters. The van der Waals surface area contributed by atoms with E-state index in [-0.39, 0.29) is 36.3 Å². The van der Waals surface area contributed by atoms with Crippen molar-refractivity contribution in [2.75, 3.05) is 0 Å². The van der Waals surface area contributed by atoms with Gasteiger partial charge in [0.25, 0.3) is 0 Å². The lowest BCUT2D eigenvalue weighted by atomic mass is 9.64. The van der Waals surface area contributed by atoms with Gasteiger partial charge in [-0.25, -0.2) is 0 Å². The third-order valence-electron chi connectivity index (χ3n) is 4.22. The van der Waals surface area contributed by atoms with Crippen molar-refractivity contribution < 1.29 is 9.31 Å². The highest BCUT2D eigenvalue weighted by atomic mass is 35.5. The minimum Gasteiger partial charge on any atom is -0.403 e. The van der Waals surface area contributed by atoms with Crippen LogP contribution in [0, 0.1) is 0 Å². The van der Waals surface area contributed by atoms with Gasteiger partial charge in [0.05, 0.1) is 11.2 Å².